The molecule has 108 valence electrons. The van der Waals surface area contributed by atoms with Crippen molar-refractivity contribution in [3.05, 3.63) is 24.3 Å². The number of hydrogen-bond acceptors (Lipinski definition) is 4. The van der Waals surface area contributed by atoms with Gasteiger partial charge in [-0.2, -0.15) is 0 Å². The average molecular weight is 296 g/mol. The van der Waals surface area contributed by atoms with Crippen molar-refractivity contribution in [2.45, 2.75) is 19.8 Å². The van der Waals surface area contributed by atoms with Crippen LogP contribution in [0, 0.1) is 0 Å². The normalized spacial score (nSPS) is 9.65. The van der Waals surface area contributed by atoms with Gasteiger partial charge in [-0.05, 0) is 42.9 Å². The smallest absolute Gasteiger partial charge is 0.341 e. The quantitative estimate of drug-likeness (QED) is 0.693. The van der Waals surface area contributed by atoms with E-state index < -0.39 is 12.6 Å². The standard InChI is InChI=1S/C13H16N2O4S/c1-2-3-11(16)15-13(20)14-9-4-6-10(7-5-9)19-8-12(17)18/h4-7H,2-3,8H2,1H3,(H,17,18)(H2,14,15,16,20). The summed E-state index contributed by atoms with van der Waals surface area (Å²) in [5, 5.41) is 14.1. The lowest BCUT2D eigenvalue weighted by atomic mass is 10.3. The van der Waals surface area contributed by atoms with Crippen molar-refractivity contribution in [2.75, 3.05) is 11.9 Å². The van der Waals surface area contributed by atoms with E-state index in [0.29, 0.717) is 17.9 Å². The largest absolute Gasteiger partial charge is 0.482 e. The summed E-state index contributed by atoms with van der Waals surface area (Å²) < 4.78 is 4.99. The molecule has 0 atom stereocenters. The Balaban J connectivity index is 2.46. The zero-order valence-corrected chi connectivity index (χ0v) is 11.8. The lowest BCUT2D eigenvalue weighted by Gasteiger charge is -2.10. The van der Waals surface area contributed by atoms with Crippen LogP contribution < -0.4 is 15.4 Å². The van der Waals surface area contributed by atoms with Crippen LogP contribution >= 0.6 is 12.2 Å². The molecule has 1 aromatic carbocycles. The highest BCUT2D eigenvalue weighted by atomic mass is 32.1. The van der Waals surface area contributed by atoms with E-state index in [4.69, 9.17) is 22.1 Å². The Morgan fingerprint density at radius 3 is 2.50 bits per heavy atom. The van der Waals surface area contributed by atoms with E-state index in [9.17, 15) is 9.59 Å². The third kappa shape index (κ3) is 6.14. The summed E-state index contributed by atoms with van der Waals surface area (Å²) in [5.41, 5.74) is 0.675. The van der Waals surface area contributed by atoms with Crippen molar-refractivity contribution in [3.63, 3.8) is 0 Å². The number of aliphatic carboxylic acids is 1. The highest BCUT2D eigenvalue weighted by Gasteiger charge is 2.04. The molecule has 0 radical (unpaired) electrons. The molecule has 0 fully saturated rings. The van der Waals surface area contributed by atoms with Crippen molar-refractivity contribution in [2.24, 2.45) is 0 Å². The molecule has 0 aliphatic heterocycles. The minimum Gasteiger partial charge on any atom is -0.482 e. The van der Waals surface area contributed by atoms with Gasteiger partial charge in [0, 0.05) is 12.1 Å². The lowest BCUT2D eigenvalue weighted by Crippen LogP contribution is -2.33. The maximum absolute atomic E-state index is 11.3. The third-order valence-corrected chi connectivity index (χ3v) is 2.41. The average Bonchev–Trinajstić information content (AvgIpc) is 2.37. The molecule has 0 unspecified atom stereocenters. The van der Waals surface area contributed by atoms with Gasteiger partial charge < -0.3 is 20.5 Å². The fourth-order valence-corrected chi connectivity index (χ4v) is 1.59. The monoisotopic (exact) mass is 296 g/mol. The summed E-state index contributed by atoms with van der Waals surface area (Å²) in [5.74, 6) is -0.725. The summed E-state index contributed by atoms with van der Waals surface area (Å²) in [6.07, 6.45) is 1.17. The van der Waals surface area contributed by atoms with Crippen LogP contribution in [0.3, 0.4) is 0 Å². The van der Waals surface area contributed by atoms with Gasteiger partial charge in [0.15, 0.2) is 11.7 Å². The predicted molar refractivity (Wildman–Crippen MR) is 78.8 cm³/mol. The zero-order chi connectivity index (χ0) is 15.0. The highest BCUT2D eigenvalue weighted by molar-refractivity contribution is 7.80. The number of amides is 1. The third-order valence-electron chi connectivity index (χ3n) is 2.20. The van der Waals surface area contributed by atoms with Gasteiger partial charge in [0.25, 0.3) is 0 Å². The van der Waals surface area contributed by atoms with E-state index in [1.807, 2.05) is 6.92 Å². The Morgan fingerprint density at radius 1 is 1.30 bits per heavy atom. The molecule has 0 heterocycles. The summed E-state index contributed by atoms with van der Waals surface area (Å²) in [4.78, 5) is 21.7. The number of ether oxygens (including phenoxy) is 1. The molecule has 3 N–H and O–H groups in total. The number of carboxylic acid groups (broad SMARTS) is 1. The van der Waals surface area contributed by atoms with Crippen LogP contribution in [-0.4, -0.2) is 28.7 Å². The topological polar surface area (TPSA) is 87.7 Å². The second-order valence-corrected chi connectivity index (χ2v) is 4.37. The van der Waals surface area contributed by atoms with Crippen molar-refractivity contribution in [3.8, 4) is 5.75 Å². The maximum atomic E-state index is 11.3. The first kappa shape index (κ1) is 15.9. The minimum atomic E-state index is -1.04. The van der Waals surface area contributed by atoms with E-state index >= 15 is 0 Å². The molecule has 20 heavy (non-hydrogen) atoms. The number of rotatable bonds is 6. The molecule has 7 heteroatoms. The van der Waals surface area contributed by atoms with Gasteiger partial charge in [0.2, 0.25) is 5.91 Å². The Bertz CT molecular complexity index is 488. The van der Waals surface area contributed by atoms with Gasteiger partial charge >= 0.3 is 5.97 Å². The van der Waals surface area contributed by atoms with Gasteiger partial charge in [-0.3, -0.25) is 4.79 Å². The van der Waals surface area contributed by atoms with Crippen molar-refractivity contribution in [1.29, 1.82) is 0 Å². The van der Waals surface area contributed by atoms with E-state index in [-0.39, 0.29) is 11.0 Å². The van der Waals surface area contributed by atoms with Crippen LogP contribution in [0.5, 0.6) is 5.75 Å². The second kappa shape index (κ2) is 8.11. The Kier molecular flexibility index (Phi) is 6.45. The van der Waals surface area contributed by atoms with Crippen LogP contribution in [0.2, 0.25) is 0 Å². The number of nitrogens with one attached hydrogen (secondary N) is 2. The zero-order valence-electron chi connectivity index (χ0n) is 11.0. The number of hydrogen-bond donors (Lipinski definition) is 3. The van der Waals surface area contributed by atoms with Crippen LogP contribution in [0.1, 0.15) is 19.8 Å². The molecular formula is C13H16N2O4S. The van der Waals surface area contributed by atoms with Crippen molar-refractivity contribution >= 4 is 34.9 Å². The van der Waals surface area contributed by atoms with Crippen molar-refractivity contribution < 1.29 is 19.4 Å². The van der Waals surface area contributed by atoms with Gasteiger partial charge in [-0.25, -0.2) is 4.79 Å². The molecule has 6 nitrogen and oxygen atoms in total. The van der Waals surface area contributed by atoms with Crippen molar-refractivity contribution in [1.82, 2.24) is 5.32 Å². The van der Waals surface area contributed by atoms with Gasteiger partial charge in [0.05, 0.1) is 0 Å². The van der Waals surface area contributed by atoms with E-state index in [0.717, 1.165) is 6.42 Å². The Hall–Kier alpha value is -2.15. The molecule has 0 saturated carbocycles. The molecule has 0 aliphatic rings. The summed E-state index contributed by atoms with van der Waals surface area (Å²) in [6.45, 7) is 1.52. The highest BCUT2D eigenvalue weighted by Crippen LogP contribution is 2.15. The molecule has 0 aromatic heterocycles. The summed E-state index contributed by atoms with van der Waals surface area (Å²) in [7, 11) is 0. The number of benzene rings is 1. The first-order chi connectivity index (χ1) is 9.51. The number of anilines is 1. The molecule has 0 spiro atoms. The molecule has 1 amide bonds. The van der Waals surface area contributed by atoms with Crippen LogP contribution in [0.15, 0.2) is 24.3 Å². The first-order valence-corrected chi connectivity index (χ1v) is 6.47. The second-order valence-electron chi connectivity index (χ2n) is 3.96. The number of thiocarbonyl (C=S) groups is 1. The maximum Gasteiger partial charge on any atom is 0.341 e. The lowest BCUT2D eigenvalue weighted by molar-refractivity contribution is -0.139. The Labute approximate surface area is 122 Å². The molecule has 0 aliphatic carbocycles. The fraction of sp³-hybridized carbons (Fsp3) is 0.308. The van der Waals surface area contributed by atoms with Crippen LogP contribution in [0.4, 0.5) is 5.69 Å². The fourth-order valence-electron chi connectivity index (χ4n) is 1.36. The Morgan fingerprint density at radius 2 is 1.95 bits per heavy atom. The SMILES string of the molecule is CCCC(=O)NC(=S)Nc1ccc(OCC(=O)O)cc1. The number of carbonyl (C=O) groups excluding carboxylic acids is 1. The molecule has 0 saturated heterocycles. The van der Waals surface area contributed by atoms with E-state index in [1.54, 1.807) is 24.3 Å². The predicted octanol–water partition coefficient (Wildman–Crippen LogP) is 1.76. The van der Waals surface area contributed by atoms with E-state index in [2.05, 4.69) is 10.6 Å². The van der Waals surface area contributed by atoms with Crippen LogP contribution in [0.25, 0.3) is 0 Å². The summed E-state index contributed by atoms with van der Waals surface area (Å²) >= 11 is 4.99. The first-order valence-electron chi connectivity index (χ1n) is 6.06. The van der Waals surface area contributed by atoms with Gasteiger partial charge in [-0.15, -0.1) is 0 Å². The van der Waals surface area contributed by atoms with Crippen LogP contribution in [-0.2, 0) is 9.59 Å². The number of carboxylic acids is 1. The molecule has 0 bridgehead atoms. The minimum absolute atomic E-state index is 0.133. The summed E-state index contributed by atoms with van der Waals surface area (Å²) in [6, 6.07) is 6.58. The van der Waals surface area contributed by atoms with E-state index in [1.165, 1.54) is 0 Å². The number of carbonyl (C=O) groups is 2. The van der Waals surface area contributed by atoms with Gasteiger partial charge in [0.1, 0.15) is 5.75 Å². The molecular weight excluding hydrogens is 280 g/mol. The van der Waals surface area contributed by atoms with Gasteiger partial charge in [-0.1, -0.05) is 6.92 Å². The molecule has 1 aromatic rings. The molecule has 1 rings (SSSR count).